The van der Waals surface area contributed by atoms with Gasteiger partial charge in [0.05, 0.1) is 28.8 Å². The molecule has 2 aromatic rings. The fourth-order valence-electron chi connectivity index (χ4n) is 4.78. The second-order valence-electron chi connectivity index (χ2n) is 7.64. The molecular weight excluding hydrogens is 347 g/mol. The summed E-state index contributed by atoms with van der Waals surface area (Å²) in [6, 6.07) is 6.18. The number of carbonyl (C=O) groups excluding carboxylic acids is 1. The normalized spacial score (nSPS) is 27.8. The summed E-state index contributed by atoms with van der Waals surface area (Å²) in [6.07, 6.45) is 3.56. The Hall–Kier alpha value is -2.05. The highest BCUT2D eigenvalue weighted by Crippen LogP contribution is 2.43. The predicted molar refractivity (Wildman–Crippen MR) is 100 cm³/mol. The highest BCUT2D eigenvalue weighted by atomic mass is 19.1. The summed E-state index contributed by atoms with van der Waals surface area (Å²) in [6.45, 7) is 2.48. The lowest BCUT2D eigenvalue weighted by molar-refractivity contribution is -0.0893. The zero-order valence-corrected chi connectivity index (χ0v) is 16.0. The average Bonchev–Trinajstić information content (AvgIpc) is 3.05. The van der Waals surface area contributed by atoms with Crippen molar-refractivity contribution in [3.05, 3.63) is 41.3 Å². The lowest BCUT2D eigenvalue weighted by Crippen LogP contribution is -2.53. The summed E-state index contributed by atoms with van der Waals surface area (Å²) in [5.41, 5.74) is 1.49. The molecule has 0 N–H and O–H groups in total. The van der Waals surface area contributed by atoms with Gasteiger partial charge < -0.3 is 14.4 Å². The Kier molecular flexibility index (Phi) is 4.64. The van der Waals surface area contributed by atoms with E-state index in [1.54, 1.807) is 26.4 Å². The third-order valence-electron chi connectivity index (χ3n) is 6.27. The third kappa shape index (κ3) is 3.01. The molecule has 0 radical (unpaired) electrons. The quantitative estimate of drug-likeness (QED) is 0.828. The second-order valence-corrected chi connectivity index (χ2v) is 7.64. The summed E-state index contributed by atoms with van der Waals surface area (Å²) in [4.78, 5) is 19.8. The molecule has 0 spiro atoms. The molecule has 144 valence electrons. The zero-order chi connectivity index (χ0) is 19.2. The number of halogens is 1. The van der Waals surface area contributed by atoms with Crippen molar-refractivity contribution < 1.29 is 18.7 Å². The van der Waals surface area contributed by atoms with Crippen molar-refractivity contribution in [1.29, 1.82) is 0 Å². The molecule has 1 saturated carbocycles. The number of hydrogen-bond acceptors (Lipinski definition) is 4. The van der Waals surface area contributed by atoms with E-state index in [2.05, 4.69) is 4.98 Å². The first-order valence-corrected chi connectivity index (χ1v) is 9.43. The van der Waals surface area contributed by atoms with Gasteiger partial charge in [0.2, 0.25) is 0 Å². The van der Waals surface area contributed by atoms with Crippen LogP contribution >= 0.6 is 0 Å². The van der Waals surface area contributed by atoms with E-state index in [-0.39, 0.29) is 29.5 Å². The van der Waals surface area contributed by atoms with E-state index in [0.717, 1.165) is 25.7 Å². The van der Waals surface area contributed by atoms with Crippen molar-refractivity contribution in [3.8, 4) is 0 Å². The number of carbonyl (C=O) groups is 1. The van der Waals surface area contributed by atoms with Crippen LogP contribution in [0.1, 0.15) is 41.7 Å². The predicted octanol–water partition coefficient (Wildman–Crippen LogP) is 3.48. The van der Waals surface area contributed by atoms with Crippen LogP contribution in [-0.4, -0.2) is 54.3 Å². The molecule has 4 rings (SSSR count). The summed E-state index contributed by atoms with van der Waals surface area (Å²) in [5, 5.41) is 0.681. The number of likely N-dealkylation sites (tertiary alicyclic amines) is 1. The standard InChI is InChI=1S/C21H25FN2O3/c1-13-10-17(16-5-4-14(22)11-18(16)23-13)20(25)24-9-8-21(27-3)7-6-15(26-2)12-19(21)24/h4-5,10-11,15,19H,6-9,12H2,1-3H3/t15-,19-,21+/m0/s1. The third-order valence-corrected chi connectivity index (χ3v) is 6.27. The topological polar surface area (TPSA) is 51.7 Å². The van der Waals surface area contributed by atoms with Gasteiger partial charge in [-0.2, -0.15) is 0 Å². The van der Waals surface area contributed by atoms with Crippen LogP contribution in [0, 0.1) is 12.7 Å². The molecule has 0 bridgehead atoms. The molecule has 27 heavy (non-hydrogen) atoms. The van der Waals surface area contributed by atoms with Crippen molar-refractivity contribution in [1.82, 2.24) is 9.88 Å². The molecule has 0 unspecified atom stereocenters. The summed E-state index contributed by atoms with van der Waals surface area (Å²) < 4.78 is 25.1. The maximum atomic E-state index is 13.6. The number of amides is 1. The van der Waals surface area contributed by atoms with Crippen LogP contribution in [0.2, 0.25) is 0 Å². The Bertz CT molecular complexity index is 882. The molecule has 3 atom stereocenters. The monoisotopic (exact) mass is 372 g/mol. The highest BCUT2D eigenvalue weighted by Gasteiger charge is 2.52. The fourth-order valence-corrected chi connectivity index (χ4v) is 4.78. The van der Waals surface area contributed by atoms with E-state index in [1.807, 2.05) is 11.8 Å². The highest BCUT2D eigenvalue weighted by molar-refractivity contribution is 6.06. The SMILES string of the molecule is CO[C@H]1CC[C@@]2(OC)CCN(C(=O)c3cc(C)nc4cc(F)ccc34)[C@H]2C1. The van der Waals surface area contributed by atoms with Crippen molar-refractivity contribution in [2.45, 2.75) is 50.4 Å². The molecule has 2 aliphatic rings. The number of aryl methyl sites for hydroxylation is 1. The lowest BCUT2D eigenvalue weighted by Gasteiger charge is -2.43. The Labute approximate surface area is 158 Å². The van der Waals surface area contributed by atoms with Gasteiger partial charge in [-0.25, -0.2) is 4.39 Å². The van der Waals surface area contributed by atoms with Crippen LogP contribution in [-0.2, 0) is 9.47 Å². The van der Waals surface area contributed by atoms with Crippen molar-refractivity contribution in [2.75, 3.05) is 20.8 Å². The van der Waals surface area contributed by atoms with E-state index in [4.69, 9.17) is 9.47 Å². The molecule has 1 aromatic carbocycles. The van der Waals surface area contributed by atoms with Crippen molar-refractivity contribution >= 4 is 16.8 Å². The van der Waals surface area contributed by atoms with Crippen molar-refractivity contribution in [2.24, 2.45) is 0 Å². The molecule has 1 aliphatic heterocycles. The molecule has 6 heteroatoms. The Morgan fingerprint density at radius 3 is 2.85 bits per heavy atom. The largest absolute Gasteiger partial charge is 0.381 e. The molecule has 2 fully saturated rings. The molecular formula is C21H25FN2O3. The van der Waals surface area contributed by atoms with Crippen molar-refractivity contribution in [3.63, 3.8) is 0 Å². The first-order valence-electron chi connectivity index (χ1n) is 9.43. The number of methoxy groups -OCH3 is 2. The average molecular weight is 372 g/mol. The van der Waals surface area contributed by atoms with Gasteiger partial charge in [0.1, 0.15) is 5.82 Å². The molecule has 5 nitrogen and oxygen atoms in total. The number of hydrogen-bond donors (Lipinski definition) is 0. The van der Waals surface area contributed by atoms with E-state index >= 15 is 0 Å². The van der Waals surface area contributed by atoms with E-state index in [9.17, 15) is 9.18 Å². The molecule has 1 amide bonds. The second kappa shape index (κ2) is 6.84. The smallest absolute Gasteiger partial charge is 0.254 e. The minimum absolute atomic E-state index is 0.0160. The summed E-state index contributed by atoms with van der Waals surface area (Å²) >= 11 is 0. The number of benzene rings is 1. The maximum Gasteiger partial charge on any atom is 0.254 e. The minimum atomic E-state index is -0.353. The van der Waals surface area contributed by atoms with Gasteiger partial charge >= 0.3 is 0 Å². The Balaban J connectivity index is 1.74. The number of fused-ring (bicyclic) bond motifs is 2. The van der Waals surface area contributed by atoms with E-state index in [1.165, 1.54) is 12.1 Å². The van der Waals surface area contributed by atoms with Gasteiger partial charge in [0.15, 0.2) is 0 Å². The summed E-state index contributed by atoms with van der Waals surface area (Å²) in [7, 11) is 3.46. The maximum absolute atomic E-state index is 13.6. The van der Waals surface area contributed by atoms with E-state index < -0.39 is 0 Å². The number of pyridine rings is 1. The number of aromatic nitrogens is 1. The van der Waals surface area contributed by atoms with Crippen LogP contribution in [0.4, 0.5) is 4.39 Å². The van der Waals surface area contributed by atoms with Crippen LogP contribution in [0.5, 0.6) is 0 Å². The van der Waals surface area contributed by atoms with Gasteiger partial charge in [0, 0.05) is 37.9 Å². The van der Waals surface area contributed by atoms with Crippen LogP contribution in [0.3, 0.4) is 0 Å². The van der Waals surface area contributed by atoms with Gasteiger partial charge in [-0.1, -0.05) is 0 Å². The van der Waals surface area contributed by atoms with E-state index in [0.29, 0.717) is 28.7 Å². The van der Waals surface area contributed by atoms with Crippen LogP contribution in [0.15, 0.2) is 24.3 Å². The number of ether oxygens (including phenoxy) is 2. The summed E-state index contributed by atoms with van der Waals surface area (Å²) in [5.74, 6) is -0.397. The van der Waals surface area contributed by atoms with Gasteiger partial charge in [0.25, 0.3) is 5.91 Å². The van der Waals surface area contributed by atoms with Crippen LogP contribution < -0.4 is 0 Å². The van der Waals surface area contributed by atoms with Gasteiger partial charge in [-0.15, -0.1) is 0 Å². The van der Waals surface area contributed by atoms with Gasteiger partial charge in [-0.3, -0.25) is 9.78 Å². The van der Waals surface area contributed by atoms with Crippen LogP contribution in [0.25, 0.3) is 10.9 Å². The first-order chi connectivity index (χ1) is 13.0. The zero-order valence-electron chi connectivity index (χ0n) is 16.0. The number of rotatable bonds is 3. The Morgan fingerprint density at radius 2 is 2.11 bits per heavy atom. The first kappa shape index (κ1) is 18.3. The number of nitrogens with zero attached hydrogens (tertiary/aromatic N) is 2. The lowest BCUT2D eigenvalue weighted by atomic mass is 9.79. The Morgan fingerprint density at radius 1 is 1.30 bits per heavy atom. The van der Waals surface area contributed by atoms with Gasteiger partial charge in [-0.05, 0) is 50.8 Å². The fraction of sp³-hybridized carbons (Fsp3) is 0.524. The molecule has 1 aliphatic carbocycles. The molecule has 1 saturated heterocycles. The minimum Gasteiger partial charge on any atom is -0.381 e. The molecule has 2 heterocycles. The molecule has 1 aromatic heterocycles.